The molecule has 0 fully saturated rings. The predicted molar refractivity (Wildman–Crippen MR) is 122 cm³/mol. The quantitative estimate of drug-likeness (QED) is 0.455. The Morgan fingerprint density at radius 1 is 1.10 bits per heavy atom. The molecule has 7 nitrogen and oxygen atoms in total. The molecule has 3 atom stereocenters. The van der Waals surface area contributed by atoms with Crippen molar-refractivity contribution in [3.63, 3.8) is 0 Å². The molecule has 2 rings (SSSR count). The molecule has 3 N–H and O–H groups in total. The Bertz CT molecular complexity index is 934. The van der Waals surface area contributed by atoms with E-state index in [9.17, 15) is 18.3 Å². The molecule has 0 spiro atoms. The second-order valence-corrected chi connectivity index (χ2v) is 10.0. The van der Waals surface area contributed by atoms with Crippen molar-refractivity contribution in [2.45, 2.75) is 32.0 Å². The molecule has 1 amide bonds. The summed E-state index contributed by atoms with van der Waals surface area (Å²) in [4.78, 5) is 12.6. The average Bonchev–Trinajstić information content (AvgIpc) is 2.72. The summed E-state index contributed by atoms with van der Waals surface area (Å²) in [5.41, 5.74) is 1.98. The van der Waals surface area contributed by atoms with Crippen LogP contribution in [0.1, 0.15) is 18.1 Å². The minimum absolute atomic E-state index is 0.235. The van der Waals surface area contributed by atoms with Crippen molar-refractivity contribution < 1.29 is 23.1 Å². The highest BCUT2D eigenvalue weighted by Gasteiger charge is 2.25. The molecule has 1 unspecified atom stereocenters. The van der Waals surface area contributed by atoms with E-state index in [4.69, 9.17) is 4.74 Å². The van der Waals surface area contributed by atoms with Crippen molar-refractivity contribution in [1.82, 2.24) is 10.6 Å². The number of sulfone groups is 1. The molecule has 2 aromatic rings. The first kappa shape index (κ1) is 24.8. The third-order valence-electron chi connectivity index (χ3n) is 4.91. The molecule has 0 bridgehead atoms. The van der Waals surface area contributed by atoms with Crippen molar-refractivity contribution in [3.8, 4) is 5.75 Å². The van der Waals surface area contributed by atoms with Crippen LogP contribution in [0.3, 0.4) is 0 Å². The number of ether oxygens (including phenoxy) is 1. The lowest BCUT2D eigenvalue weighted by Gasteiger charge is -2.26. The van der Waals surface area contributed by atoms with E-state index in [-0.39, 0.29) is 12.3 Å². The highest BCUT2D eigenvalue weighted by Crippen LogP contribution is 2.13. The van der Waals surface area contributed by atoms with Gasteiger partial charge in [0.2, 0.25) is 5.91 Å². The number of hydrogen-bond acceptors (Lipinski definition) is 6. The molecule has 0 radical (unpaired) electrons. The van der Waals surface area contributed by atoms with E-state index in [1.165, 1.54) is 0 Å². The van der Waals surface area contributed by atoms with E-state index in [2.05, 4.69) is 10.6 Å². The van der Waals surface area contributed by atoms with E-state index in [1.807, 2.05) is 54.6 Å². The monoisotopic (exact) mass is 448 g/mol. The second kappa shape index (κ2) is 11.8. The van der Waals surface area contributed by atoms with E-state index in [0.29, 0.717) is 13.0 Å². The lowest BCUT2D eigenvalue weighted by molar-refractivity contribution is -0.125. The maximum Gasteiger partial charge on any atom is 0.224 e. The Kier molecular flexibility index (Phi) is 9.48. The largest absolute Gasteiger partial charge is 0.497 e. The zero-order chi connectivity index (χ0) is 22.9. The van der Waals surface area contributed by atoms with Gasteiger partial charge in [-0.1, -0.05) is 49.4 Å². The van der Waals surface area contributed by atoms with Crippen LogP contribution in [-0.2, 0) is 27.6 Å². The summed E-state index contributed by atoms with van der Waals surface area (Å²) in [6, 6.07) is 16.6. The van der Waals surface area contributed by atoms with Gasteiger partial charge in [-0.05, 0) is 29.7 Å². The van der Waals surface area contributed by atoms with Gasteiger partial charge in [0.25, 0.3) is 0 Å². The van der Waals surface area contributed by atoms with Crippen LogP contribution >= 0.6 is 0 Å². The van der Waals surface area contributed by atoms with Gasteiger partial charge in [0.05, 0.1) is 25.0 Å². The summed E-state index contributed by atoms with van der Waals surface area (Å²) < 4.78 is 28.3. The summed E-state index contributed by atoms with van der Waals surface area (Å²) in [6.07, 6.45) is 0.677. The number of aliphatic hydroxyl groups excluding tert-OH is 1. The van der Waals surface area contributed by atoms with Crippen molar-refractivity contribution in [3.05, 3.63) is 65.7 Å². The van der Waals surface area contributed by atoms with Crippen LogP contribution in [0.4, 0.5) is 0 Å². The lowest BCUT2D eigenvalue weighted by Crippen LogP contribution is -2.50. The minimum Gasteiger partial charge on any atom is -0.497 e. The van der Waals surface area contributed by atoms with Crippen LogP contribution in [0.15, 0.2) is 54.6 Å². The van der Waals surface area contributed by atoms with Crippen LogP contribution in [-0.4, -0.2) is 57.2 Å². The van der Waals surface area contributed by atoms with Gasteiger partial charge in [-0.2, -0.15) is 0 Å². The number of carbonyl (C=O) groups excluding carboxylic acids is 1. The van der Waals surface area contributed by atoms with E-state index in [1.54, 1.807) is 14.0 Å². The number of amides is 1. The normalized spacial score (nSPS) is 14.5. The zero-order valence-electron chi connectivity index (χ0n) is 18.2. The van der Waals surface area contributed by atoms with Crippen LogP contribution in [0, 0.1) is 5.92 Å². The van der Waals surface area contributed by atoms with Gasteiger partial charge in [0.1, 0.15) is 15.6 Å². The number of benzene rings is 2. The van der Waals surface area contributed by atoms with Gasteiger partial charge in [0, 0.05) is 25.3 Å². The molecule has 0 aliphatic rings. The highest BCUT2D eigenvalue weighted by molar-refractivity contribution is 7.90. The van der Waals surface area contributed by atoms with Crippen LogP contribution in [0.25, 0.3) is 0 Å². The average molecular weight is 449 g/mol. The van der Waals surface area contributed by atoms with Crippen molar-refractivity contribution >= 4 is 15.7 Å². The molecule has 8 heteroatoms. The number of methoxy groups -OCH3 is 1. The number of rotatable bonds is 12. The predicted octanol–water partition coefficient (Wildman–Crippen LogP) is 1.55. The first-order chi connectivity index (χ1) is 14.7. The Hall–Kier alpha value is -2.42. The topological polar surface area (TPSA) is 105 Å². The Balaban J connectivity index is 2.01. The first-order valence-corrected chi connectivity index (χ1v) is 12.3. The van der Waals surface area contributed by atoms with Crippen molar-refractivity contribution in [1.29, 1.82) is 0 Å². The maximum atomic E-state index is 12.6. The number of nitrogens with one attached hydrogen (secondary N) is 2. The summed E-state index contributed by atoms with van der Waals surface area (Å²) in [6.45, 7) is 2.36. The van der Waals surface area contributed by atoms with Crippen molar-refractivity contribution in [2.24, 2.45) is 5.92 Å². The molecule has 0 heterocycles. The second-order valence-electron chi connectivity index (χ2n) is 7.85. The van der Waals surface area contributed by atoms with Crippen LogP contribution in [0.2, 0.25) is 0 Å². The number of carbonyl (C=O) groups is 1. The summed E-state index contributed by atoms with van der Waals surface area (Å²) in [7, 11) is -1.67. The fourth-order valence-corrected chi connectivity index (χ4v) is 4.35. The van der Waals surface area contributed by atoms with E-state index >= 15 is 0 Å². The van der Waals surface area contributed by atoms with Crippen LogP contribution in [0.5, 0.6) is 5.75 Å². The Morgan fingerprint density at radius 3 is 2.42 bits per heavy atom. The van der Waals surface area contributed by atoms with Gasteiger partial charge in [-0.3, -0.25) is 4.79 Å². The van der Waals surface area contributed by atoms with Gasteiger partial charge in [-0.25, -0.2) is 8.42 Å². The third kappa shape index (κ3) is 9.08. The Morgan fingerprint density at radius 2 is 1.77 bits per heavy atom. The van der Waals surface area contributed by atoms with Gasteiger partial charge in [0.15, 0.2) is 0 Å². The smallest absolute Gasteiger partial charge is 0.224 e. The maximum absolute atomic E-state index is 12.6. The Labute approximate surface area is 184 Å². The molecule has 170 valence electrons. The van der Waals surface area contributed by atoms with Gasteiger partial charge >= 0.3 is 0 Å². The van der Waals surface area contributed by atoms with E-state index < -0.39 is 33.8 Å². The van der Waals surface area contributed by atoms with Gasteiger partial charge < -0.3 is 20.5 Å². The summed E-state index contributed by atoms with van der Waals surface area (Å²) in [5.74, 6) is -0.571. The minimum atomic E-state index is -3.28. The third-order valence-corrected chi connectivity index (χ3v) is 6.01. The fourth-order valence-electron chi connectivity index (χ4n) is 3.30. The number of aliphatic hydroxyl groups is 1. The molecule has 0 saturated carbocycles. The summed E-state index contributed by atoms with van der Waals surface area (Å²) in [5, 5.41) is 16.8. The number of hydrogen-bond donors (Lipinski definition) is 3. The molecule has 2 aromatic carbocycles. The molecule has 0 aliphatic carbocycles. The SMILES string of the molecule is COc1cccc(CNC[C@@H](O)[C@H](Cc2ccccc2)NC(=O)C(C)CS(C)(=O)=O)c1. The first-order valence-electron chi connectivity index (χ1n) is 10.2. The standard InChI is InChI=1S/C23H32N2O5S/c1-17(16-31(3,28)29)23(27)25-21(13-18-8-5-4-6-9-18)22(26)15-24-14-19-10-7-11-20(12-19)30-2/h4-12,17,21-22,24,26H,13-16H2,1-3H3,(H,25,27)/t17?,21-,22+/m0/s1. The molecular formula is C23H32N2O5S. The van der Waals surface area contributed by atoms with E-state index in [0.717, 1.165) is 23.1 Å². The molecule has 0 saturated heterocycles. The molecule has 31 heavy (non-hydrogen) atoms. The fraction of sp³-hybridized carbons (Fsp3) is 0.435. The molecule has 0 aliphatic heterocycles. The molecule has 0 aromatic heterocycles. The van der Waals surface area contributed by atoms with Gasteiger partial charge in [-0.15, -0.1) is 0 Å². The van der Waals surface area contributed by atoms with Crippen molar-refractivity contribution in [2.75, 3.05) is 25.7 Å². The summed E-state index contributed by atoms with van der Waals surface area (Å²) >= 11 is 0. The van der Waals surface area contributed by atoms with Crippen LogP contribution < -0.4 is 15.4 Å². The highest BCUT2D eigenvalue weighted by atomic mass is 32.2. The lowest BCUT2D eigenvalue weighted by atomic mass is 10.00. The molecular weight excluding hydrogens is 416 g/mol. The zero-order valence-corrected chi connectivity index (χ0v) is 19.1.